The summed E-state index contributed by atoms with van der Waals surface area (Å²) >= 11 is 0. The van der Waals surface area contributed by atoms with Gasteiger partial charge in [0.25, 0.3) is 0 Å². The number of carbonyl (C=O) groups is 2. The van der Waals surface area contributed by atoms with Gasteiger partial charge in [-0.2, -0.15) is 0 Å². The lowest BCUT2D eigenvalue weighted by atomic mass is 9.87. The summed E-state index contributed by atoms with van der Waals surface area (Å²) in [7, 11) is 3.95. The van der Waals surface area contributed by atoms with E-state index in [1.165, 1.54) is 0 Å². The molecule has 0 aromatic rings. The first-order valence-electron chi connectivity index (χ1n) is 7.44. The number of nitrogens with zero attached hydrogens (tertiary/aromatic N) is 3. The molecule has 3 aliphatic heterocycles. The van der Waals surface area contributed by atoms with Crippen LogP contribution in [0.5, 0.6) is 0 Å². The zero-order valence-corrected chi connectivity index (χ0v) is 12.7. The van der Waals surface area contributed by atoms with E-state index in [1.807, 2.05) is 41.8 Å². The van der Waals surface area contributed by atoms with Crippen LogP contribution in [0.1, 0.15) is 26.2 Å². The van der Waals surface area contributed by atoms with E-state index in [9.17, 15) is 9.59 Å². The number of piperidine rings is 1. The standard InChI is InChI=1S/C15H25N3O2/c1-4-6-14(19)17-10-12-9-13(11-17)18(12)15(20)7-5-8-16(2)3/h5,7,12-13H,4,6,8-11H2,1-3H3/b7-5+. The first-order chi connectivity index (χ1) is 9.52. The fourth-order valence-corrected chi connectivity index (χ4v) is 3.00. The summed E-state index contributed by atoms with van der Waals surface area (Å²) in [6.45, 7) is 4.22. The smallest absolute Gasteiger partial charge is 0.246 e. The van der Waals surface area contributed by atoms with Crippen molar-refractivity contribution >= 4 is 11.8 Å². The van der Waals surface area contributed by atoms with E-state index in [-0.39, 0.29) is 23.9 Å². The van der Waals surface area contributed by atoms with Gasteiger partial charge in [-0.15, -0.1) is 0 Å². The third-order valence-electron chi connectivity index (χ3n) is 4.00. The summed E-state index contributed by atoms with van der Waals surface area (Å²) in [5, 5.41) is 0. The Balaban J connectivity index is 1.85. The fraction of sp³-hybridized carbons (Fsp3) is 0.733. The summed E-state index contributed by atoms with van der Waals surface area (Å²) in [5.74, 6) is 0.327. The van der Waals surface area contributed by atoms with Gasteiger partial charge in [-0.25, -0.2) is 0 Å². The lowest BCUT2D eigenvalue weighted by molar-refractivity contribution is -0.156. The van der Waals surface area contributed by atoms with Gasteiger partial charge in [0.1, 0.15) is 0 Å². The highest BCUT2D eigenvalue weighted by Crippen LogP contribution is 2.32. The van der Waals surface area contributed by atoms with Crippen molar-refractivity contribution in [2.45, 2.75) is 38.3 Å². The number of piperazine rings is 1. The molecule has 0 aliphatic carbocycles. The summed E-state index contributed by atoms with van der Waals surface area (Å²) < 4.78 is 0. The van der Waals surface area contributed by atoms with Crippen LogP contribution in [-0.2, 0) is 9.59 Å². The van der Waals surface area contributed by atoms with E-state index in [0.29, 0.717) is 19.5 Å². The zero-order chi connectivity index (χ0) is 14.7. The monoisotopic (exact) mass is 279 g/mol. The van der Waals surface area contributed by atoms with Crippen molar-refractivity contribution in [1.29, 1.82) is 0 Å². The number of likely N-dealkylation sites (N-methyl/N-ethyl adjacent to an activating group) is 1. The first-order valence-corrected chi connectivity index (χ1v) is 7.44. The Morgan fingerprint density at radius 3 is 2.45 bits per heavy atom. The van der Waals surface area contributed by atoms with Gasteiger partial charge in [-0.05, 0) is 26.9 Å². The van der Waals surface area contributed by atoms with Gasteiger partial charge >= 0.3 is 0 Å². The molecule has 0 saturated carbocycles. The second-order valence-corrected chi connectivity index (χ2v) is 6.00. The van der Waals surface area contributed by atoms with E-state index in [0.717, 1.165) is 19.4 Å². The van der Waals surface area contributed by atoms with Gasteiger partial charge in [0, 0.05) is 32.1 Å². The minimum atomic E-state index is 0.0932. The van der Waals surface area contributed by atoms with Crippen molar-refractivity contribution in [2.24, 2.45) is 0 Å². The maximum Gasteiger partial charge on any atom is 0.246 e. The molecule has 112 valence electrons. The highest BCUT2D eigenvalue weighted by Gasteiger charge is 2.47. The predicted molar refractivity (Wildman–Crippen MR) is 78.2 cm³/mol. The molecular weight excluding hydrogens is 254 g/mol. The van der Waals surface area contributed by atoms with Crippen molar-refractivity contribution in [1.82, 2.24) is 14.7 Å². The molecule has 3 fully saturated rings. The highest BCUT2D eigenvalue weighted by molar-refractivity contribution is 5.89. The quantitative estimate of drug-likeness (QED) is 0.696. The number of hydrogen-bond acceptors (Lipinski definition) is 3. The van der Waals surface area contributed by atoms with E-state index in [2.05, 4.69) is 0 Å². The molecule has 20 heavy (non-hydrogen) atoms. The van der Waals surface area contributed by atoms with E-state index < -0.39 is 0 Å². The Morgan fingerprint density at radius 2 is 1.90 bits per heavy atom. The molecule has 0 spiro atoms. The predicted octanol–water partition coefficient (Wildman–Crippen LogP) is 0.716. The fourth-order valence-electron chi connectivity index (χ4n) is 3.00. The molecule has 0 aromatic carbocycles. The summed E-state index contributed by atoms with van der Waals surface area (Å²) in [6, 6.07) is 0.456. The average molecular weight is 279 g/mol. The molecule has 3 saturated heterocycles. The third-order valence-corrected chi connectivity index (χ3v) is 4.00. The number of fused-ring (bicyclic) bond motifs is 2. The summed E-state index contributed by atoms with van der Waals surface area (Å²) in [6.07, 6.45) is 6.12. The van der Waals surface area contributed by atoms with Crippen LogP contribution in [0, 0.1) is 0 Å². The minimum Gasteiger partial charge on any atom is -0.339 e. The van der Waals surface area contributed by atoms with Crippen LogP contribution in [0.25, 0.3) is 0 Å². The zero-order valence-electron chi connectivity index (χ0n) is 12.7. The van der Waals surface area contributed by atoms with Crippen LogP contribution in [0.4, 0.5) is 0 Å². The Labute approximate surface area is 121 Å². The Hall–Kier alpha value is -1.36. The Morgan fingerprint density at radius 1 is 1.25 bits per heavy atom. The van der Waals surface area contributed by atoms with Crippen LogP contribution in [0.15, 0.2) is 12.2 Å². The minimum absolute atomic E-state index is 0.0932. The first kappa shape index (κ1) is 15.0. The molecule has 2 atom stereocenters. The van der Waals surface area contributed by atoms with Gasteiger partial charge in [0.15, 0.2) is 0 Å². The van der Waals surface area contributed by atoms with Gasteiger partial charge in [-0.3, -0.25) is 9.59 Å². The van der Waals surface area contributed by atoms with E-state index in [4.69, 9.17) is 0 Å². The maximum atomic E-state index is 12.1. The van der Waals surface area contributed by atoms with E-state index >= 15 is 0 Å². The largest absolute Gasteiger partial charge is 0.339 e. The molecule has 2 amide bonds. The maximum absolute atomic E-state index is 12.1. The molecule has 0 N–H and O–H groups in total. The molecule has 2 unspecified atom stereocenters. The molecule has 5 heteroatoms. The lowest BCUT2D eigenvalue weighted by Gasteiger charge is -2.56. The number of amides is 2. The van der Waals surface area contributed by atoms with Crippen LogP contribution in [-0.4, -0.2) is 72.3 Å². The topological polar surface area (TPSA) is 43.9 Å². The SMILES string of the molecule is CCCC(=O)N1CC2CC(C1)N2C(=O)/C=C/CN(C)C. The highest BCUT2D eigenvalue weighted by atomic mass is 16.2. The van der Waals surface area contributed by atoms with Crippen molar-refractivity contribution < 1.29 is 9.59 Å². The Bertz CT molecular complexity index is 394. The average Bonchev–Trinajstić information content (AvgIpc) is 2.38. The van der Waals surface area contributed by atoms with Crippen LogP contribution >= 0.6 is 0 Å². The van der Waals surface area contributed by atoms with Crippen LogP contribution in [0.2, 0.25) is 0 Å². The van der Waals surface area contributed by atoms with Gasteiger partial charge in [0.05, 0.1) is 12.1 Å². The summed E-state index contributed by atoms with van der Waals surface area (Å²) in [4.78, 5) is 29.9. The number of rotatable bonds is 5. The molecule has 3 rings (SSSR count). The normalized spacial score (nSPS) is 25.2. The van der Waals surface area contributed by atoms with Crippen molar-refractivity contribution in [2.75, 3.05) is 33.7 Å². The van der Waals surface area contributed by atoms with Crippen LogP contribution < -0.4 is 0 Å². The second-order valence-electron chi connectivity index (χ2n) is 6.00. The van der Waals surface area contributed by atoms with Crippen LogP contribution in [0.3, 0.4) is 0 Å². The van der Waals surface area contributed by atoms with Crippen molar-refractivity contribution in [3.05, 3.63) is 12.2 Å². The molecular formula is C15H25N3O2. The Kier molecular flexibility index (Phi) is 4.81. The van der Waals surface area contributed by atoms with Gasteiger partial charge in [-0.1, -0.05) is 13.0 Å². The van der Waals surface area contributed by atoms with Crippen molar-refractivity contribution in [3.8, 4) is 0 Å². The molecule has 3 heterocycles. The van der Waals surface area contributed by atoms with Gasteiger partial charge in [0.2, 0.25) is 11.8 Å². The number of hydrogen-bond donors (Lipinski definition) is 0. The molecule has 5 nitrogen and oxygen atoms in total. The van der Waals surface area contributed by atoms with Gasteiger partial charge < -0.3 is 14.7 Å². The third kappa shape index (κ3) is 3.20. The molecule has 3 aliphatic rings. The second kappa shape index (κ2) is 6.39. The molecule has 0 aromatic heterocycles. The summed E-state index contributed by atoms with van der Waals surface area (Å²) in [5.41, 5.74) is 0. The molecule has 2 bridgehead atoms. The lowest BCUT2D eigenvalue weighted by Crippen LogP contribution is -2.70. The van der Waals surface area contributed by atoms with E-state index in [1.54, 1.807) is 6.08 Å². The number of carbonyl (C=O) groups excluding carboxylic acids is 2. The van der Waals surface area contributed by atoms with Crippen molar-refractivity contribution in [3.63, 3.8) is 0 Å². The molecule has 0 radical (unpaired) electrons.